The Bertz CT molecular complexity index is 1150. The van der Waals surface area contributed by atoms with Gasteiger partial charge >= 0.3 is 10.8 Å². The van der Waals surface area contributed by atoms with E-state index in [1.165, 1.54) is 22.9 Å². The predicted octanol–water partition coefficient (Wildman–Crippen LogP) is 3.38. The van der Waals surface area contributed by atoms with Gasteiger partial charge in [0.25, 0.3) is 5.91 Å². The normalized spacial score (nSPS) is 11.0. The van der Waals surface area contributed by atoms with Crippen LogP contribution in [-0.4, -0.2) is 27.8 Å². The number of carboxylic acid groups (broad SMARTS) is 1. The number of benzene rings is 2. The van der Waals surface area contributed by atoms with Gasteiger partial charge in [0.15, 0.2) is 0 Å². The number of amides is 1. The van der Waals surface area contributed by atoms with Gasteiger partial charge in [-0.15, -0.1) is 0 Å². The van der Waals surface area contributed by atoms with Gasteiger partial charge in [-0.3, -0.25) is 14.2 Å². The van der Waals surface area contributed by atoms with Crippen molar-refractivity contribution in [2.24, 2.45) is 5.10 Å². The molecule has 0 bridgehead atoms. The van der Waals surface area contributed by atoms with Gasteiger partial charge < -0.3 is 5.11 Å². The van der Waals surface area contributed by atoms with Crippen molar-refractivity contribution in [2.45, 2.75) is 13.5 Å². The van der Waals surface area contributed by atoms with Gasteiger partial charge in [0.2, 0.25) is 0 Å². The number of aromatic nitrogens is 1. The Morgan fingerprint density at radius 2 is 1.93 bits per heavy atom. The average molecular weight is 430 g/mol. The lowest BCUT2D eigenvalue weighted by molar-refractivity contribution is 0.0696. The van der Waals surface area contributed by atoms with Crippen LogP contribution in [0.25, 0.3) is 0 Å². The molecule has 3 aromatic rings. The first-order chi connectivity index (χ1) is 13.8. The number of carbonyl (C=O) groups excluding carboxylic acids is 1. The highest BCUT2D eigenvalue weighted by Gasteiger charge is 2.13. The second-order valence-corrected chi connectivity index (χ2v) is 7.53. The van der Waals surface area contributed by atoms with Crippen LogP contribution in [0, 0.1) is 6.92 Å². The second-order valence-electron chi connectivity index (χ2n) is 6.18. The number of hydrogen-bond acceptors (Lipinski definition) is 5. The zero-order valence-corrected chi connectivity index (χ0v) is 16.8. The first kappa shape index (κ1) is 20.5. The number of aryl methyl sites for hydroxylation is 1. The van der Waals surface area contributed by atoms with Gasteiger partial charge in [0.1, 0.15) is 5.15 Å². The van der Waals surface area contributed by atoms with Crippen LogP contribution in [0.1, 0.15) is 36.7 Å². The van der Waals surface area contributed by atoms with Crippen molar-refractivity contribution in [3.05, 3.63) is 90.5 Å². The zero-order chi connectivity index (χ0) is 21.0. The number of hydrazone groups is 1. The first-order valence-corrected chi connectivity index (χ1v) is 9.66. The number of nitrogens with one attached hydrogen (secondary N) is 1. The van der Waals surface area contributed by atoms with E-state index < -0.39 is 5.97 Å². The molecule has 9 heteroatoms. The van der Waals surface area contributed by atoms with E-state index in [0.717, 1.165) is 16.9 Å². The number of aromatic carboxylic acids is 1. The standard InChI is InChI=1S/C20H16ClN3O4S/c1-12-5-7-14(8-6-12)18(25)23-22-10-16-17(21)24(20(28)29-16)11-13-3-2-4-15(9-13)19(26)27/h2-10H,11H2,1H3,(H,23,25)(H,26,27). The molecule has 2 N–H and O–H groups in total. The smallest absolute Gasteiger partial charge is 0.335 e. The van der Waals surface area contributed by atoms with Gasteiger partial charge in [0.05, 0.1) is 23.2 Å². The number of carbonyl (C=O) groups is 2. The van der Waals surface area contributed by atoms with Crippen LogP contribution in [0.2, 0.25) is 5.15 Å². The average Bonchev–Trinajstić information content (AvgIpc) is 2.96. The van der Waals surface area contributed by atoms with E-state index in [2.05, 4.69) is 10.5 Å². The molecule has 148 valence electrons. The molecule has 1 aromatic heterocycles. The molecule has 0 fully saturated rings. The highest BCUT2D eigenvalue weighted by Crippen LogP contribution is 2.18. The predicted molar refractivity (Wildman–Crippen MR) is 112 cm³/mol. The van der Waals surface area contributed by atoms with Crippen LogP contribution < -0.4 is 10.3 Å². The summed E-state index contributed by atoms with van der Waals surface area (Å²) in [6.07, 6.45) is 1.31. The van der Waals surface area contributed by atoms with Crippen LogP contribution in [0.4, 0.5) is 0 Å². The molecule has 1 amide bonds. The molecule has 3 rings (SSSR count). The first-order valence-electron chi connectivity index (χ1n) is 8.46. The zero-order valence-electron chi connectivity index (χ0n) is 15.3. The van der Waals surface area contributed by atoms with Crippen molar-refractivity contribution in [2.75, 3.05) is 0 Å². The summed E-state index contributed by atoms with van der Waals surface area (Å²) in [4.78, 5) is 35.5. The number of carboxylic acids is 1. The Labute approximate surface area is 174 Å². The van der Waals surface area contributed by atoms with Crippen LogP contribution in [-0.2, 0) is 6.54 Å². The van der Waals surface area contributed by atoms with Crippen molar-refractivity contribution >= 4 is 41.0 Å². The minimum absolute atomic E-state index is 0.124. The Hall–Kier alpha value is -3.23. The van der Waals surface area contributed by atoms with Gasteiger partial charge in [0, 0.05) is 5.56 Å². The Morgan fingerprint density at radius 3 is 2.62 bits per heavy atom. The minimum atomic E-state index is -1.05. The van der Waals surface area contributed by atoms with Crippen LogP contribution >= 0.6 is 22.9 Å². The number of thiazole rings is 1. The fraction of sp³-hybridized carbons (Fsp3) is 0.100. The molecule has 0 aliphatic rings. The van der Waals surface area contributed by atoms with E-state index in [1.54, 1.807) is 24.3 Å². The molecular weight excluding hydrogens is 414 g/mol. The van der Waals surface area contributed by atoms with Crippen molar-refractivity contribution < 1.29 is 14.7 Å². The summed E-state index contributed by atoms with van der Waals surface area (Å²) in [5.74, 6) is -1.43. The molecule has 0 atom stereocenters. The summed E-state index contributed by atoms with van der Waals surface area (Å²) in [7, 11) is 0. The Balaban J connectivity index is 1.73. The molecule has 7 nitrogen and oxygen atoms in total. The SMILES string of the molecule is Cc1ccc(C(=O)NN=Cc2sc(=O)n(Cc3cccc(C(=O)O)c3)c2Cl)cc1. The molecule has 0 saturated carbocycles. The fourth-order valence-electron chi connectivity index (χ4n) is 2.52. The Morgan fingerprint density at radius 1 is 1.21 bits per heavy atom. The lowest BCUT2D eigenvalue weighted by Gasteiger charge is -2.05. The molecule has 0 radical (unpaired) electrons. The largest absolute Gasteiger partial charge is 0.478 e. The quantitative estimate of drug-likeness (QED) is 0.463. The van der Waals surface area contributed by atoms with E-state index in [1.807, 2.05) is 19.1 Å². The molecule has 0 aliphatic heterocycles. The van der Waals surface area contributed by atoms with Gasteiger partial charge in [-0.2, -0.15) is 5.10 Å². The number of nitrogens with zero attached hydrogens (tertiary/aromatic N) is 2. The van der Waals surface area contributed by atoms with E-state index in [-0.39, 0.29) is 28.0 Å². The van der Waals surface area contributed by atoms with Gasteiger partial charge in [-0.05, 0) is 36.8 Å². The van der Waals surface area contributed by atoms with Crippen LogP contribution in [0.15, 0.2) is 58.4 Å². The van der Waals surface area contributed by atoms with Crippen molar-refractivity contribution in [1.29, 1.82) is 0 Å². The molecule has 0 aliphatic carbocycles. The molecular formula is C20H16ClN3O4S. The summed E-state index contributed by atoms with van der Waals surface area (Å²) in [5.41, 5.74) is 4.65. The third-order valence-corrected chi connectivity index (χ3v) is 5.47. The number of rotatable bonds is 6. The molecule has 0 unspecified atom stereocenters. The maximum Gasteiger partial charge on any atom is 0.335 e. The lowest BCUT2D eigenvalue weighted by Crippen LogP contribution is -2.17. The maximum absolute atomic E-state index is 12.3. The highest BCUT2D eigenvalue weighted by molar-refractivity contribution is 7.11. The summed E-state index contributed by atoms with van der Waals surface area (Å²) < 4.78 is 1.32. The van der Waals surface area contributed by atoms with Crippen molar-refractivity contribution in [3.63, 3.8) is 0 Å². The third kappa shape index (κ3) is 4.98. The fourth-order valence-corrected chi connectivity index (χ4v) is 3.63. The maximum atomic E-state index is 12.3. The molecule has 29 heavy (non-hydrogen) atoms. The van der Waals surface area contributed by atoms with E-state index in [4.69, 9.17) is 16.7 Å². The van der Waals surface area contributed by atoms with Crippen LogP contribution in [0.3, 0.4) is 0 Å². The van der Waals surface area contributed by atoms with Crippen molar-refractivity contribution in [3.8, 4) is 0 Å². The number of hydrogen-bond donors (Lipinski definition) is 2. The summed E-state index contributed by atoms with van der Waals surface area (Å²) >= 11 is 7.16. The molecule has 1 heterocycles. The topological polar surface area (TPSA) is 101 Å². The van der Waals surface area contributed by atoms with Crippen LogP contribution in [0.5, 0.6) is 0 Å². The van der Waals surface area contributed by atoms with E-state index in [0.29, 0.717) is 16.0 Å². The molecule has 2 aromatic carbocycles. The van der Waals surface area contributed by atoms with Gasteiger partial charge in [-0.1, -0.05) is 52.8 Å². The molecule has 0 spiro atoms. The highest BCUT2D eigenvalue weighted by atomic mass is 35.5. The van der Waals surface area contributed by atoms with Crippen molar-refractivity contribution in [1.82, 2.24) is 9.99 Å². The lowest BCUT2D eigenvalue weighted by atomic mass is 10.1. The Kier molecular flexibility index (Phi) is 6.26. The molecule has 0 saturated heterocycles. The summed E-state index contributed by atoms with van der Waals surface area (Å²) in [6, 6.07) is 13.3. The summed E-state index contributed by atoms with van der Waals surface area (Å²) in [5, 5.41) is 13.1. The van der Waals surface area contributed by atoms with Gasteiger partial charge in [-0.25, -0.2) is 10.2 Å². The third-order valence-electron chi connectivity index (χ3n) is 4.03. The minimum Gasteiger partial charge on any atom is -0.478 e. The second kappa shape index (κ2) is 8.85. The van der Waals surface area contributed by atoms with E-state index >= 15 is 0 Å². The summed E-state index contributed by atoms with van der Waals surface area (Å²) in [6.45, 7) is 2.05. The number of halogens is 1. The van der Waals surface area contributed by atoms with E-state index in [9.17, 15) is 14.4 Å². The monoisotopic (exact) mass is 429 g/mol.